The summed E-state index contributed by atoms with van der Waals surface area (Å²) in [5.74, 6) is 1.25. The van der Waals surface area contributed by atoms with Crippen LogP contribution in [0.5, 0.6) is 5.75 Å². The highest BCUT2D eigenvalue weighted by Crippen LogP contribution is 2.32. The van der Waals surface area contributed by atoms with E-state index in [1.807, 2.05) is 24.3 Å². The number of benzene rings is 2. The van der Waals surface area contributed by atoms with Crippen molar-refractivity contribution >= 4 is 42.6 Å². The number of unbranched alkanes of at least 4 members (excludes halogenated alkanes) is 4. The molecule has 3 rings (SSSR count). The van der Waals surface area contributed by atoms with Crippen molar-refractivity contribution in [2.45, 2.75) is 91.9 Å². The van der Waals surface area contributed by atoms with Gasteiger partial charge in [-0.3, -0.25) is 9.52 Å². The predicted octanol–water partition coefficient (Wildman–Crippen LogP) is 7.53. The number of aryl methyl sites for hydroxylation is 1. The second-order valence-electron chi connectivity index (χ2n) is 12.6. The monoisotopic (exact) mass is 708 g/mol. The summed E-state index contributed by atoms with van der Waals surface area (Å²) in [6, 6.07) is 12.4. The number of nitrogens with zero attached hydrogens (tertiary/aromatic N) is 1. The van der Waals surface area contributed by atoms with Crippen LogP contribution in [0.4, 0.5) is 5.69 Å². The van der Waals surface area contributed by atoms with Crippen molar-refractivity contribution in [3.63, 3.8) is 0 Å². The standard InChI is InChI=1S/C35H53N2O5S.CH4O3S/c1-6-10-15-33-34(31-27-29(36-43(5,39)40)18-21-32(31)42-33)35(38)28-16-19-30(20-17-28)41-26-14-25-37(22-11-7-2,23-12-8-3)24-13-9-4;1-5(2,3)4/h16-21,27,36H,6-15,22-26H2,1-5H3;1H3,(H,2,3,4)/q+1;/p-1. The minimum Gasteiger partial charge on any atom is -0.748 e. The van der Waals surface area contributed by atoms with Crippen molar-refractivity contribution < 1.29 is 39.8 Å². The van der Waals surface area contributed by atoms with E-state index in [1.165, 1.54) is 62.6 Å². The second-order valence-corrected chi connectivity index (χ2v) is 15.8. The first kappa shape index (κ1) is 41.2. The number of fused-ring (bicyclic) bond motifs is 1. The lowest BCUT2D eigenvalue weighted by Gasteiger charge is -2.39. The number of nitrogens with one attached hydrogen (secondary N) is 1. The molecule has 0 saturated heterocycles. The van der Waals surface area contributed by atoms with Crippen molar-refractivity contribution in [3.8, 4) is 5.75 Å². The predicted molar refractivity (Wildman–Crippen MR) is 193 cm³/mol. The average Bonchev–Trinajstić information content (AvgIpc) is 3.38. The molecule has 1 aromatic heterocycles. The molecule has 0 fully saturated rings. The molecule has 0 spiro atoms. The highest BCUT2D eigenvalue weighted by molar-refractivity contribution is 7.92. The van der Waals surface area contributed by atoms with Gasteiger partial charge in [-0.15, -0.1) is 0 Å². The van der Waals surface area contributed by atoms with Gasteiger partial charge in [-0.25, -0.2) is 16.8 Å². The van der Waals surface area contributed by atoms with E-state index in [0.29, 0.717) is 52.8 Å². The lowest BCUT2D eigenvalue weighted by molar-refractivity contribution is -0.929. The number of hydrogen-bond donors (Lipinski definition) is 1. The summed E-state index contributed by atoms with van der Waals surface area (Å²) in [6.45, 7) is 14.5. The maximum Gasteiger partial charge on any atom is 0.229 e. The van der Waals surface area contributed by atoms with E-state index in [0.717, 1.165) is 37.8 Å². The highest BCUT2D eigenvalue weighted by atomic mass is 32.2. The van der Waals surface area contributed by atoms with Gasteiger partial charge in [0.15, 0.2) is 5.78 Å². The van der Waals surface area contributed by atoms with Crippen molar-refractivity contribution in [1.29, 1.82) is 0 Å². The van der Waals surface area contributed by atoms with Crippen LogP contribution in [0.25, 0.3) is 11.0 Å². The number of rotatable bonds is 21. The molecule has 0 radical (unpaired) electrons. The molecule has 1 N–H and O–H groups in total. The summed E-state index contributed by atoms with van der Waals surface area (Å²) in [4.78, 5) is 13.8. The van der Waals surface area contributed by atoms with Crippen molar-refractivity contribution in [3.05, 3.63) is 59.4 Å². The number of anilines is 1. The fraction of sp³-hybridized carbons (Fsp3) is 0.583. The minimum atomic E-state index is -3.92. The fourth-order valence-corrected chi connectivity index (χ4v) is 6.33. The number of furan rings is 1. The summed E-state index contributed by atoms with van der Waals surface area (Å²) >= 11 is 0. The third kappa shape index (κ3) is 14.7. The van der Waals surface area contributed by atoms with Gasteiger partial charge in [-0.05, 0) is 68.1 Å². The molecule has 0 bridgehead atoms. The first-order valence-corrected chi connectivity index (χ1v) is 20.9. The molecule has 0 aliphatic carbocycles. The maximum absolute atomic E-state index is 13.8. The lowest BCUT2D eigenvalue weighted by Crippen LogP contribution is -2.51. The van der Waals surface area contributed by atoms with Crippen LogP contribution in [0.2, 0.25) is 0 Å². The van der Waals surface area contributed by atoms with Crippen LogP contribution >= 0.6 is 0 Å². The first-order valence-electron chi connectivity index (χ1n) is 17.2. The molecule has 1 heterocycles. The molecular formula is C36H56N2O8S2. The first-order chi connectivity index (χ1) is 22.6. The largest absolute Gasteiger partial charge is 0.748 e. The van der Waals surface area contributed by atoms with Crippen LogP contribution < -0.4 is 9.46 Å². The van der Waals surface area contributed by atoms with E-state index >= 15 is 0 Å². The minimum absolute atomic E-state index is 0.141. The Morgan fingerprint density at radius 3 is 1.81 bits per heavy atom. The molecule has 0 aliphatic rings. The average molecular weight is 709 g/mol. The molecule has 0 amide bonds. The Kier molecular flexibility index (Phi) is 17.1. The van der Waals surface area contributed by atoms with Crippen molar-refractivity contribution in [1.82, 2.24) is 0 Å². The number of sulfonamides is 1. The van der Waals surface area contributed by atoms with E-state index < -0.39 is 20.1 Å². The van der Waals surface area contributed by atoms with Crippen molar-refractivity contribution in [2.75, 3.05) is 50.0 Å². The summed E-state index contributed by atoms with van der Waals surface area (Å²) in [5.41, 5.74) is 2.01. The van der Waals surface area contributed by atoms with Gasteiger partial charge in [0.25, 0.3) is 0 Å². The van der Waals surface area contributed by atoms with Crippen LogP contribution in [0.15, 0.2) is 46.9 Å². The zero-order chi connectivity index (χ0) is 35.8. The number of ketones is 1. The van der Waals surface area contributed by atoms with E-state index in [2.05, 4.69) is 32.4 Å². The van der Waals surface area contributed by atoms with E-state index in [9.17, 15) is 13.2 Å². The quantitative estimate of drug-likeness (QED) is 0.0518. The summed E-state index contributed by atoms with van der Waals surface area (Å²) < 4.78 is 66.8. The normalized spacial score (nSPS) is 12.1. The van der Waals surface area contributed by atoms with Crippen LogP contribution in [-0.4, -0.2) is 77.0 Å². The van der Waals surface area contributed by atoms with Gasteiger partial charge in [0.2, 0.25) is 10.0 Å². The maximum atomic E-state index is 13.8. The summed E-state index contributed by atoms with van der Waals surface area (Å²) in [6.07, 6.45) is 12.7. The van der Waals surface area contributed by atoms with Gasteiger partial charge in [0.05, 0.1) is 54.7 Å². The molecule has 12 heteroatoms. The summed E-state index contributed by atoms with van der Waals surface area (Å²) in [7, 11) is -7.37. The Balaban J connectivity index is 0.00000149. The molecule has 48 heavy (non-hydrogen) atoms. The zero-order valence-corrected chi connectivity index (χ0v) is 31.3. The number of hydrogen-bond acceptors (Lipinski definition) is 8. The van der Waals surface area contributed by atoms with Crippen LogP contribution in [0.1, 0.15) is 107 Å². The molecule has 270 valence electrons. The SMILES string of the molecule is CCCCc1oc2ccc(NS(C)(=O)=O)cc2c1C(=O)c1ccc(OCCC[N+](CCCC)(CCCC)CCCC)cc1.CS(=O)(=O)[O-]. The second kappa shape index (κ2) is 19.9. The Morgan fingerprint density at radius 1 is 0.792 bits per heavy atom. The van der Waals surface area contributed by atoms with Crippen LogP contribution in [-0.2, 0) is 26.6 Å². The highest BCUT2D eigenvalue weighted by Gasteiger charge is 2.26. The van der Waals surface area contributed by atoms with Crippen LogP contribution in [0, 0.1) is 0 Å². The smallest absolute Gasteiger partial charge is 0.229 e. The Morgan fingerprint density at radius 2 is 1.31 bits per heavy atom. The van der Waals surface area contributed by atoms with Gasteiger partial charge < -0.3 is 18.2 Å². The number of carbonyl (C=O) groups excluding carboxylic acids is 1. The molecule has 0 aliphatic heterocycles. The number of carbonyl (C=O) groups is 1. The number of ether oxygens (including phenoxy) is 1. The fourth-order valence-electron chi connectivity index (χ4n) is 5.78. The molecular weight excluding hydrogens is 653 g/mol. The van der Waals surface area contributed by atoms with E-state index in [4.69, 9.17) is 22.1 Å². The van der Waals surface area contributed by atoms with Crippen molar-refractivity contribution in [2.24, 2.45) is 0 Å². The Bertz CT molecular complexity index is 1600. The Labute approximate surface area is 288 Å². The third-order valence-electron chi connectivity index (χ3n) is 8.17. The van der Waals surface area contributed by atoms with Gasteiger partial charge in [0, 0.05) is 35.7 Å². The molecule has 0 unspecified atom stereocenters. The van der Waals surface area contributed by atoms with E-state index in [1.54, 1.807) is 18.2 Å². The van der Waals surface area contributed by atoms with Gasteiger partial charge in [0.1, 0.15) is 17.1 Å². The number of quaternary nitrogens is 1. The van der Waals surface area contributed by atoms with E-state index in [-0.39, 0.29) is 5.78 Å². The van der Waals surface area contributed by atoms with Gasteiger partial charge >= 0.3 is 0 Å². The molecule has 10 nitrogen and oxygen atoms in total. The van der Waals surface area contributed by atoms with Gasteiger partial charge in [-0.1, -0.05) is 53.4 Å². The Hall–Kier alpha value is -2.93. The summed E-state index contributed by atoms with van der Waals surface area (Å²) in [5, 5.41) is 0.612. The molecule has 2 aromatic carbocycles. The molecule has 3 aromatic rings. The van der Waals surface area contributed by atoms with Gasteiger partial charge in [-0.2, -0.15) is 0 Å². The lowest BCUT2D eigenvalue weighted by atomic mass is 9.98. The third-order valence-corrected chi connectivity index (χ3v) is 8.78. The molecule has 0 atom stereocenters. The zero-order valence-electron chi connectivity index (χ0n) is 29.7. The van der Waals surface area contributed by atoms with Crippen LogP contribution in [0.3, 0.4) is 0 Å². The topological polar surface area (TPSA) is 143 Å². The molecule has 0 saturated carbocycles.